The molecule has 38 heavy (non-hydrogen) atoms. The SMILES string of the molecule is Cc1ccc(-n2nc(-c3ccccc3)cc2NC(=O)CN(CC(C)C)S(=O)(=O)/C=C/c2ccccc2)cc1. The second-order valence-electron chi connectivity index (χ2n) is 9.52. The van der Waals surface area contributed by atoms with Crippen LogP contribution in [-0.4, -0.2) is 41.5 Å². The number of anilines is 1. The summed E-state index contributed by atoms with van der Waals surface area (Å²) >= 11 is 0. The lowest BCUT2D eigenvalue weighted by Crippen LogP contribution is -2.39. The van der Waals surface area contributed by atoms with Gasteiger partial charge in [0, 0.05) is 23.6 Å². The fourth-order valence-electron chi connectivity index (χ4n) is 3.93. The molecule has 0 fully saturated rings. The predicted octanol–water partition coefficient (Wildman–Crippen LogP) is 5.74. The van der Waals surface area contributed by atoms with Crippen LogP contribution in [0.3, 0.4) is 0 Å². The van der Waals surface area contributed by atoms with Gasteiger partial charge in [-0.05, 0) is 36.6 Å². The maximum atomic E-state index is 13.2. The van der Waals surface area contributed by atoms with Crippen molar-refractivity contribution in [2.45, 2.75) is 20.8 Å². The molecular formula is C30H32N4O3S. The highest BCUT2D eigenvalue weighted by molar-refractivity contribution is 7.92. The summed E-state index contributed by atoms with van der Waals surface area (Å²) in [6.07, 6.45) is 1.54. The lowest BCUT2D eigenvalue weighted by molar-refractivity contribution is -0.116. The summed E-state index contributed by atoms with van der Waals surface area (Å²) in [6, 6.07) is 28.5. The number of amides is 1. The molecule has 4 rings (SSSR count). The van der Waals surface area contributed by atoms with Gasteiger partial charge < -0.3 is 5.32 Å². The molecule has 0 bridgehead atoms. The molecule has 1 N–H and O–H groups in total. The van der Waals surface area contributed by atoms with Gasteiger partial charge >= 0.3 is 0 Å². The zero-order chi connectivity index (χ0) is 27.1. The number of hydrogen-bond donors (Lipinski definition) is 1. The molecule has 0 aliphatic carbocycles. The quantitative estimate of drug-likeness (QED) is 0.284. The van der Waals surface area contributed by atoms with Crippen LogP contribution >= 0.6 is 0 Å². The van der Waals surface area contributed by atoms with E-state index in [9.17, 15) is 13.2 Å². The molecule has 0 saturated carbocycles. The molecule has 0 unspecified atom stereocenters. The van der Waals surface area contributed by atoms with Gasteiger partial charge in [-0.1, -0.05) is 92.2 Å². The average molecular weight is 529 g/mol. The number of benzene rings is 3. The number of nitrogens with zero attached hydrogens (tertiary/aromatic N) is 3. The van der Waals surface area contributed by atoms with Crippen LogP contribution < -0.4 is 5.32 Å². The fraction of sp³-hybridized carbons (Fsp3) is 0.200. The van der Waals surface area contributed by atoms with Crippen LogP contribution in [0, 0.1) is 12.8 Å². The first-order chi connectivity index (χ1) is 18.2. The predicted molar refractivity (Wildman–Crippen MR) is 153 cm³/mol. The molecule has 0 spiro atoms. The number of rotatable bonds is 10. The van der Waals surface area contributed by atoms with Crippen molar-refractivity contribution in [3.8, 4) is 16.9 Å². The summed E-state index contributed by atoms with van der Waals surface area (Å²) in [5.74, 6) is 0.0418. The molecule has 0 saturated heterocycles. The maximum absolute atomic E-state index is 13.2. The van der Waals surface area contributed by atoms with Crippen molar-refractivity contribution < 1.29 is 13.2 Å². The van der Waals surface area contributed by atoms with E-state index < -0.39 is 15.9 Å². The van der Waals surface area contributed by atoms with Crippen molar-refractivity contribution >= 4 is 27.8 Å². The normalized spacial score (nSPS) is 11.9. The molecule has 1 amide bonds. The van der Waals surface area contributed by atoms with E-state index >= 15 is 0 Å². The number of carbonyl (C=O) groups excluding carboxylic acids is 1. The second kappa shape index (κ2) is 12.0. The first-order valence-electron chi connectivity index (χ1n) is 12.5. The first-order valence-corrected chi connectivity index (χ1v) is 14.0. The van der Waals surface area contributed by atoms with Crippen molar-refractivity contribution in [2.24, 2.45) is 5.92 Å². The van der Waals surface area contributed by atoms with E-state index in [2.05, 4.69) is 5.32 Å². The van der Waals surface area contributed by atoms with E-state index in [4.69, 9.17) is 5.10 Å². The lowest BCUT2D eigenvalue weighted by atomic mass is 10.1. The molecule has 0 atom stereocenters. The molecule has 0 aliphatic rings. The highest BCUT2D eigenvalue weighted by Gasteiger charge is 2.24. The Hall–Kier alpha value is -4.01. The molecule has 0 radical (unpaired) electrons. The number of aryl methyl sites for hydroxylation is 1. The summed E-state index contributed by atoms with van der Waals surface area (Å²) in [6.45, 7) is 5.72. The van der Waals surface area contributed by atoms with E-state index in [0.29, 0.717) is 11.5 Å². The second-order valence-corrected chi connectivity index (χ2v) is 11.3. The first kappa shape index (κ1) is 27.0. The molecule has 7 nitrogen and oxygen atoms in total. The van der Waals surface area contributed by atoms with Crippen molar-refractivity contribution in [2.75, 3.05) is 18.4 Å². The van der Waals surface area contributed by atoms with Gasteiger partial charge in [0.15, 0.2) is 0 Å². The third-order valence-corrected chi connectivity index (χ3v) is 7.28. The molecule has 8 heteroatoms. The Morgan fingerprint density at radius 1 is 0.974 bits per heavy atom. The molecule has 196 valence electrons. The molecule has 3 aromatic carbocycles. The monoisotopic (exact) mass is 528 g/mol. The molecule has 4 aromatic rings. The standard InChI is InChI=1S/C30H32N4O3S/c1-23(2)21-33(38(36,37)19-18-25-10-6-4-7-11-25)22-30(35)31-29-20-28(26-12-8-5-9-13-26)32-34(29)27-16-14-24(3)15-17-27/h4-20,23H,21-22H2,1-3H3,(H,31,35)/b19-18+. The van der Waals surface area contributed by atoms with E-state index in [0.717, 1.165) is 27.8 Å². The summed E-state index contributed by atoms with van der Waals surface area (Å²) in [7, 11) is -3.84. The van der Waals surface area contributed by atoms with Gasteiger partial charge in [0.05, 0.1) is 17.9 Å². The zero-order valence-electron chi connectivity index (χ0n) is 21.8. The number of hydrogen-bond acceptors (Lipinski definition) is 4. The molecule has 1 heterocycles. The Kier molecular flexibility index (Phi) is 8.55. The van der Waals surface area contributed by atoms with Crippen LogP contribution in [0.5, 0.6) is 0 Å². The number of nitrogens with one attached hydrogen (secondary N) is 1. The van der Waals surface area contributed by atoms with Gasteiger partial charge in [-0.2, -0.15) is 9.40 Å². The molecule has 1 aromatic heterocycles. The Bertz CT molecular complexity index is 1490. The van der Waals surface area contributed by atoms with E-state index in [1.54, 1.807) is 16.8 Å². The van der Waals surface area contributed by atoms with Crippen molar-refractivity contribution in [1.29, 1.82) is 0 Å². The maximum Gasteiger partial charge on any atom is 0.240 e. The molecular weight excluding hydrogens is 496 g/mol. The van der Waals surface area contributed by atoms with Gasteiger partial charge in [-0.25, -0.2) is 13.1 Å². The smallest absolute Gasteiger partial charge is 0.240 e. The number of aromatic nitrogens is 2. The largest absolute Gasteiger partial charge is 0.309 e. The lowest BCUT2D eigenvalue weighted by Gasteiger charge is -2.22. The topological polar surface area (TPSA) is 84.3 Å². The van der Waals surface area contributed by atoms with Gasteiger partial charge in [0.25, 0.3) is 0 Å². The van der Waals surface area contributed by atoms with Crippen molar-refractivity contribution in [1.82, 2.24) is 14.1 Å². The third kappa shape index (κ3) is 7.06. The third-order valence-electron chi connectivity index (χ3n) is 5.81. The van der Waals surface area contributed by atoms with Gasteiger partial charge in [0.2, 0.25) is 15.9 Å². The summed E-state index contributed by atoms with van der Waals surface area (Å²) in [5.41, 5.74) is 4.25. The van der Waals surface area contributed by atoms with E-state index in [1.165, 1.54) is 4.31 Å². The highest BCUT2D eigenvalue weighted by atomic mass is 32.2. The van der Waals surface area contributed by atoms with Crippen LogP contribution in [-0.2, 0) is 14.8 Å². The Morgan fingerprint density at radius 2 is 1.61 bits per heavy atom. The summed E-state index contributed by atoms with van der Waals surface area (Å²) in [4.78, 5) is 13.2. The van der Waals surface area contributed by atoms with E-state index in [-0.39, 0.29) is 19.0 Å². The Morgan fingerprint density at radius 3 is 2.24 bits per heavy atom. The zero-order valence-corrected chi connectivity index (χ0v) is 22.6. The van der Waals surface area contributed by atoms with Gasteiger partial charge in [-0.15, -0.1) is 0 Å². The molecule has 0 aliphatic heterocycles. The van der Waals surface area contributed by atoms with Crippen LogP contribution in [0.2, 0.25) is 0 Å². The van der Waals surface area contributed by atoms with Crippen molar-refractivity contribution in [3.63, 3.8) is 0 Å². The van der Waals surface area contributed by atoms with Gasteiger partial charge in [-0.3, -0.25) is 4.79 Å². The minimum absolute atomic E-state index is 0.0328. The number of sulfonamides is 1. The van der Waals surface area contributed by atoms with E-state index in [1.807, 2.05) is 106 Å². The highest BCUT2D eigenvalue weighted by Crippen LogP contribution is 2.25. The summed E-state index contributed by atoms with van der Waals surface area (Å²) < 4.78 is 29.2. The van der Waals surface area contributed by atoms with Crippen LogP contribution in [0.25, 0.3) is 23.0 Å². The van der Waals surface area contributed by atoms with Crippen molar-refractivity contribution in [3.05, 3.63) is 108 Å². The Labute approximate surface area is 224 Å². The minimum Gasteiger partial charge on any atom is -0.309 e. The van der Waals surface area contributed by atoms with Crippen LogP contribution in [0.15, 0.2) is 96.4 Å². The summed E-state index contributed by atoms with van der Waals surface area (Å²) in [5, 5.41) is 8.78. The average Bonchev–Trinajstić information content (AvgIpc) is 3.32. The van der Waals surface area contributed by atoms with Gasteiger partial charge in [0.1, 0.15) is 5.82 Å². The minimum atomic E-state index is -3.84. The van der Waals surface area contributed by atoms with Crippen LogP contribution in [0.4, 0.5) is 5.82 Å². The number of carbonyl (C=O) groups is 1. The fourth-order valence-corrected chi connectivity index (χ4v) is 5.23. The van der Waals surface area contributed by atoms with Crippen LogP contribution in [0.1, 0.15) is 25.0 Å². The Balaban J connectivity index is 1.60.